The summed E-state index contributed by atoms with van der Waals surface area (Å²) in [7, 11) is 0. The van der Waals surface area contributed by atoms with Gasteiger partial charge < -0.3 is 15.6 Å². The Hall–Kier alpha value is -1.10. The molecule has 5 nitrogen and oxygen atoms in total. The first-order valence-corrected chi connectivity index (χ1v) is 3.61. The fourth-order valence-corrected chi connectivity index (χ4v) is 0.742. The van der Waals surface area contributed by atoms with Crippen LogP contribution < -0.4 is 11.1 Å². The van der Waals surface area contributed by atoms with Crippen molar-refractivity contribution in [2.75, 3.05) is 18.8 Å². The van der Waals surface area contributed by atoms with Crippen molar-refractivity contribution in [2.24, 2.45) is 0 Å². The second kappa shape index (κ2) is 3.92. The largest absolute Gasteiger partial charge is 0.365 e. The van der Waals surface area contributed by atoms with Crippen molar-refractivity contribution in [2.45, 2.75) is 13.3 Å². The maximum absolute atomic E-state index is 5.25. The number of nitrogen functional groups attached to an aromatic ring is 1. The van der Waals surface area contributed by atoms with E-state index in [2.05, 4.69) is 15.5 Å². The number of hydrogen-bond acceptors (Lipinski definition) is 5. The molecule has 0 atom stereocenters. The molecule has 0 aliphatic heterocycles. The molecule has 0 unspecified atom stereocenters. The van der Waals surface area contributed by atoms with E-state index in [4.69, 9.17) is 10.3 Å². The number of rotatable bonds is 4. The molecule has 0 amide bonds. The highest BCUT2D eigenvalue weighted by molar-refractivity contribution is 5.10. The van der Waals surface area contributed by atoms with E-state index in [1.807, 2.05) is 6.92 Å². The first kappa shape index (κ1) is 8.00. The lowest BCUT2D eigenvalue weighted by molar-refractivity contribution is 0.377. The molecule has 0 fully saturated rings. The number of nitrogens with zero attached hydrogens (tertiary/aromatic N) is 2. The fraction of sp³-hybridized carbons (Fsp3) is 0.667. The van der Waals surface area contributed by atoms with Crippen LogP contribution in [0, 0.1) is 0 Å². The number of anilines is 1. The SMILES string of the molecule is CCNCCc1nc(N)no1. The molecule has 1 aromatic rings. The van der Waals surface area contributed by atoms with Gasteiger partial charge in [0.2, 0.25) is 5.89 Å². The summed E-state index contributed by atoms with van der Waals surface area (Å²) in [6.45, 7) is 3.84. The molecular formula is C6H12N4O. The molecule has 5 heteroatoms. The van der Waals surface area contributed by atoms with Crippen LogP contribution in [-0.2, 0) is 6.42 Å². The lowest BCUT2D eigenvalue weighted by Gasteiger charge is -1.94. The third kappa shape index (κ3) is 2.55. The first-order chi connectivity index (χ1) is 5.33. The van der Waals surface area contributed by atoms with E-state index in [9.17, 15) is 0 Å². The molecular weight excluding hydrogens is 144 g/mol. The van der Waals surface area contributed by atoms with Crippen molar-refractivity contribution < 1.29 is 4.52 Å². The molecule has 11 heavy (non-hydrogen) atoms. The minimum atomic E-state index is 0.205. The summed E-state index contributed by atoms with van der Waals surface area (Å²) in [4.78, 5) is 3.84. The van der Waals surface area contributed by atoms with Crippen molar-refractivity contribution in [3.8, 4) is 0 Å². The molecule has 1 rings (SSSR count). The van der Waals surface area contributed by atoms with Crippen molar-refractivity contribution in [3.05, 3.63) is 5.89 Å². The van der Waals surface area contributed by atoms with Crippen LogP contribution in [0.2, 0.25) is 0 Å². The van der Waals surface area contributed by atoms with Crippen molar-refractivity contribution in [1.29, 1.82) is 0 Å². The van der Waals surface area contributed by atoms with E-state index in [0.717, 1.165) is 19.5 Å². The van der Waals surface area contributed by atoms with E-state index in [0.29, 0.717) is 5.89 Å². The highest BCUT2D eigenvalue weighted by atomic mass is 16.5. The highest BCUT2D eigenvalue weighted by Gasteiger charge is 2.00. The normalized spacial score (nSPS) is 10.3. The summed E-state index contributed by atoms with van der Waals surface area (Å²) < 4.78 is 4.78. The molecule has 62 valence electrons. The Bertz CT molecular complexity index is 210. The minimum Gasteiger partial charge on any atom is -0.365 e. The summed E-state index contributed by atoms with van der Waals surface area (Å²) >= 11 is 0. The fourth-order valence-electron chi connectivity index (χ4n) is 0.742. The van der Waals surface area contributed by atoms with Crippen molar-refractivity contribution >= 4 is 5.95 Å². The molecule has 0 spiro atoms. The molecule has 1 aromatic heterocycles. The lowest BCUT2D eigenvalue weighted by Crippen LogP contribution is -2.16. The van der Waals surface area contributed by atoms with Crippen LogP contribution in [0.5, 0.6) is 0 Å². The van der Waals surface area contributed by atoms with Gasteiger partial charge in [-0.1, -0.05) is 6.92 Å². The number of aromatic nitrogens is 2. The summed E-state index contributed by atoms with van der Waals surface area (Å²) in [5.74, 6) is 0.792. The Labute approximate surface area is 65.0 Å². The van der Waals surface area contributed by atoms with Crippen LogP contribution >= 0.6 is 0 Å². The third-order valence-corrected chi connectivity index (χ3v) is 1.25. The zero-order chi connectivity index (χ0) is 8.10. The Morgan fingerprint density at radius 1 is 1.64 bits per heavy atom. The zero-order valence-corrected chi connectivity index (χ0v) is 6.50. The number of nitrogens with one attached hydrogen (secondary N) is 1. The standard InChI is InChI=1S/C6H12N4O/c1-2-8-4-3-5-9-6(7)10-11-5/h8H,2-4H2,1H3,(H2,7,10). The average molecular weight is 156 g/mol. The van der Waals surface area contributed by atoms with E-state index in [1.54, 1.807) is 0 Å². The van der Waals surface area contributed by atoms with E-state index in [-0.39, 0.29) is 5.95 Å². The van der Waals surface area contributed by atoms with E-state index >= 15 is 0 Å². The molecule has 0 saturated carbocycles. The van der Waals surface area contributed by atoms with Crippen LogP contribution in [0.4, 0.5) is 5.95 Å². The summed E-state index contributed by atoms with van der Waals surface area (Å²) in [6, 6.07) is 0. The van der Waals surface area contributed by atoms with Gasteiger partial charge in [0.05, 0.1) is 0 Å². The van der Waals surface area contributed by atoms with Gasteiger partial charge in [0.15, 0.2) is 0 Å². The van der Waals surface area contributed by atoms with Gasteiger partial charge in [0, 0.05) is 13.0 Å². The first-order valence-electron chi connectivity index (χ1n) is 3.61. The van der Waals surface area contributed by atoms with Crippen LogP contribution in [0.25, 0.3) is 0 Å². The van der Waals surface area contributed by atoms with Crippen LogP contribution in [0.3, 0.4) is 0 Å². The Morgan fingerprint density at radius 2 is 2.45 bits per heavy atom. The van der Waals surface area contributed by atoms with Crippen molar-refractivity contribution in [3.63, 3.8) is 0 Å². The second-order valence-electron chi connectivity index (χ2n) is 2.15. The Balaban J connectivity index is 2.27. The maximum Gasteiger partial charge on any atom is 0.260 e. The quantitative estimate of drug-likeness (QED) is 0.590. The predicted molar refractivity (Wildman–Crippen MR) is 41.0 cm³/mol. The van der Waals surface area contributed by atoms with Crippen LogP contribution in [0.15, 0.2) is 4.52 Å². The van der Waals surface area contributed by atoms with Crippen LogP contribution in [-0.4, -0.2) is 23.2 Å². The predicted octanol–water partition coefficient (Wildman–Crippen LogP) is -0.196. The lowest BCUT2D eigenvalue weighted by atomic mass is 10.4. The van der Waals surface area contributed by atoms with Gasteiger partial charge in [-0.3, -0.25) is 0 Å². The molecule has 0 aliphatic rings. The van der Waals surface area contributed by atoms with Gasteiger partial charge >= 0.3 is 0 Å². The number of nitrogens with two attached hydrogens (primary N) is 1. The number of likely N-dealkylation sites (N-methyl/N-ethyl adjacent to an activating group) is 1. The van der Waals surface area contributed by atoms with Gasteiger partial charge in [-0.25, -0.2) is 0 Å². The average Bonchev–Trinajstić information content (AvgIpc) is 2.37. The highest BCUT2D eigenvalue weighted by Crippen LogP contribution is 1.97. The smallest absolute Gasteiger partial charge is 0.260 e. The molecule has 1 heterocycles. The van der Waals surface area contributed by atoms with E-state index < -0.39 is 0 Å². The maximum atomic E-state index is 5.25. The Morgan fingerprint density at radius 3 is 3.00 bits per heavy atom. The van der Waals surface area contributed by atoms with E-state index in [1.165, 1.54) is 0 Å². The number of hydrogen-bond donors (Lipinski definition) is 2. The molecule has 0 radical (unpaired) electrons. The van der Waals surface area contributed by atoms with Gasteiger partial charge in [0.25, 0.3) is 5.95 Å². The molecule has 0 aromatic carbocycles. The summed E-state index contributed by atoms with van der Waals surface area (Å²) in [5, 5.41) is 6.60. The molecule has 0 aliphatic carbocycles. The van der Waals surface area contributed by atoms with Gasteiger partial charge in [0.1, 0.15) is 0 Å². The summed E-state index contributed by atoms with van der Waals surface area (Å²) in [5.41, 5.74) is 5.25. The van der Waals surface area contributed by atoms with Gasteiger partial charge in [-0.05, 0) is 11.7 Å². The summed E-state index contributed by atoms with van der Waals surface area (Å²) in [6.07, 6.45) is 0.734. The van der Waals surface area contributed by atoms with Crippen molar-refractivity contribution in [1.82, 2.24) is 15.5 Å². The molecule has 0 saturated heterocycles. The van der Waals surface area contributed by atoms with Crippen LogP contribution in [0.1, 0.15) is 12.8 Å². The van der Waals surface area contributed by atoms with Gasteiger partial charge in [-0.15, -0.1) is 0 Å². The van der Waals surface area contributed by atoms with Gasteiger partial charge in [-0.2, -0.15) is 4.98 Å². The Kier molecular flexibility index (Phi) is 2.85. The topological polar surface area (TPSA) is 77.0 Å². The molecule has 3 N–H and O–H groups in total. The second-order valence-corrected chi connectivity index (χ2v) is 2.15. The third-order valence-electron chi connectivity index (χ3n) is 1.25. The monoisotopic (exact) mass is 156 g/mol. The molecule has 0 bridgehead atoms. The minimum absolute atomic E-state index is 0.205. The zero-order valence-electron chi connectivity index (χ0n) is 6.50.